The molecule has 0 aliphatic carbocycles. The SMILES string of the molecule is CCOC(=O)c1cn(Cc2ccccc2Cl)c2cc(N3CCNCC3)c(F)cc2c1=O. The van der Waals surface area contributed by atoms with E-state index in [0.29, 0.717) is 35.9 Å². The molecule has 8 heteroatoms. The monoisotopic (exact) mass is 443 g/mol. The van der Waals surface area contributed by atoms with E-state index >= 15 is 4.39 Å². The van der Waals surface area contributed by atoms with Gasteiger partial charge in [0.2, 0.25) is 5.43 Å². The molecule has 31 heavy (non-hydrogen) atoms. The number of rotatable bonds is 5. The Labute approximate surface area is 184 Å². The molecule has 1 N–H and O–H groups in total. The maximum atomic E-state index is 15.0. The van der Waals surface area contributed by atoms with E-state index in [1.165, 1.54) is 12.3 Å². The topological polar surface area (TPSA) is 63.6 Å². The molecule has 162 valence electrons. The van der Waals surface area contributed by atoms with Gasteiger partial charge in [-0.2, -0.15) is 0 Å². The molecular formula is C23H23ClFN3O3. The molecule has 1 aliphatic heterocycles. The number of ether oxygens (including phenoxy) is 1. The van der Waals surface area contributed by atoms with Crippen molar-refractivity contribution in [2.24, 2.45) is 0 Å². The fourth-order valence-electron chi connectivity index (χ4n) is 3.84. The minimum atomic E-state index is -0.728. The summed E-state index contributed by atoms with van der Waals surface area (Å²) in [6, 6.07) is 10.3. The van der Waals surface area contributed by atoms with Crippen LogP contribution in [0.15, 0.2) is 47.4 Å². The predicted octanol–water partition coefficient (Wildman–Crippen LogP) is 3.43. The highest BCUT2D eigenvalue weighted by molar-refractivity contribution is 6.31. The van der Waals surface area contributed by atoms with Gasteiger partial charge in [-0.05, 0) is 30.7 Å². The number of carbonyl (C=O) groups excluding carboxylic acids is 1. The number of halogens is 2. The van der Waals surface area contributed by atoms with Gasteiger partial charge in [0, 0.05) is 49.3 Å². The Kier molecular flexibility index (Phi) is 6.25. The predicted molar refractivity (Wildman–Crippen MR) is 120 cm³/mol. The van der Waals surface area contributed by atoms with E-state index < -0.39 is 17.2 Å². The number of anilines is 1. The Morgan fingerprint density at radius 1 is 1.23 bits per heavy atom. The highest BCUT2D eigenvalue weighted by Crippen LogP contribution is 2.27. The summed E-state index contributed by atoms with van der Waals surface area (Å²) in [5.41, 5.74) is 1.11. The van der Waals surface area contributed by atoms with Gasteiger partial charge >= 0.3 is 5.97 Å². The fraction of sp³-hybridized carbons (Fsp3) is 0.304. The van der Waals surface area contributed by atoms with Gasteiger partial charge in [0.05, 0.1) is 17.8 Å². The summed E-state index contributed by atoms with van der Waals surface area (Å²) in [5.74, 6) is -1.22. The van der Waals surface area contributed by atoms with Gasteiger partial charge in [-0.25, -0.2) is 9.18 Å². The number of hydrogen-bond acceptors (Lipinski definition) is 5. The number of nitrogens with zero attached hydrogens (tertiary/aromatic N) is 2. The largest absolute Gasteiger partial charge is 0.462 e. The summed E-state index contributed by atoms with van der Waals surface area (Å²) in [6.07, 6.45) is 1.48. The number of fused-ring (bicyclic) bond motifs is 1. The van der Waals surface area contributed by atoms with Crippen LogP contribution < -0.4 is 15.6 Å². The van der Waals surface area contributed by atoms with E-state index in [9.17, 15) is 9.59 Å². The quantitative estimate of drug-likeness (QED) is 0.612. The van der Waals surface area contributed by atoms with Gasteiger partial charge in [0.15, 0.2) is 0 Å². The van der Waals surface area contributed by atoms with Gasteiger partial charge in [-0.3, -0.25) is 4.79 Å². The summed E-state index contributed by atoms with van der Waals surface area (Å²) >= 11 is 6.35. The summed E-state index contributed by atoms with van der Waals surface area (Å²) in [6.45, 7) is 4.96. The van der Waals surface area contributed by atoms with Gasteiger partial charge in [0.25, 0.3) is 0 Å². The van der Waals surface area contributed by atoms with Crippen LogP contribution in [0.25, 0.3) is 10.9 Å². The average Bonchev–Trinajstić information content (AvgIpc) is 2.77. The van der Waals surface area contributed by atoms with E-state index in [-0.39, 0.29) is 17.6 Å². The first-order valence-electron chi connectivity index (χ1n) is 10.2. The van der Waals surface area contributed by atoms with E-state index in [4.69, 9.17) is 16.3 Å². The lowest BCUT2D eigenvalue weighted by Crippen LogP contribution is -2.43. The molecule has 1 aromatic heterocycles. The molecule has 3 aromatic rings. The van der Waals surface area contributed by atoms with Crippen molar-refractivity contribution in [1.82, 2.24) is 9.88 Å². The van der Waals surface area contributed by atoms with Crippen molar-refractivity contribution in [3.63, 3.8) is 0 Å². The zero-order chi connectivity index (χ0) is 22.0. The van der Waals surface area contributed by atoms with Crippen LogP contribution in [0.3, 0.4) is 0 Å². The molecule has 1 saturated heterocycles. The molecule has 1 fully saturated rings. The van der Waals surface area contributed by atoms with Crippen LogP contribution in [0, 0.1) is 5.82 Å². The van der Waals surface area contributed by atoms with Crippen LogP contribution in [0.5, 0.6) is 0 Å². The normalized spacial score (nSPS) is 14.1. The standard InChI is InChI=1S/C23H23ClFN3O3/c1-2-31-23(30)17-14-28(13-15-5-3-4-6-18(15)24)20-12-21(27-9-7-26-8-10-27)19(25)11-16(20)22(17)29/h3-6,11-12,14,26H,2,7-10,13H2,1H3. The first-order valence-corrected chi connectivity index (χ1v) is 10.6. The molecule has 0 saturated carbocycles. The Morgan fingerprint density at radius 2 is 1.97 bits per heavy atom. The minimum Gasteiger partial charge on any atom is -0.462 e. The number of pyridine rings is 1. The number of hydrogen-bond donors (Lipinski definition) is 1. The zero-order valence-electron chi connectivity index (χ0n) is 17.2. The summed E-state index contributed by atoms with van der Waals surface area (Å²) in [7, 11) is 0. The number of carbonyl (C=O) groups is 1. The lowest BCUT2D eigenvalue weighted by atomic mass is 10.1. The molecular weight excluding hydrogens is 421 g/mol. The summed E-state index contributed by atoms with van der Waals surface area (Å²) in [4.78, 5) is 27.4. The number of aromatic nitrogens is 1. The molecule has 1 aliphatic rings. The molecule has 2 heterocycles. The van der Waals surface area contributed by atoms with E-state index in [1.54, 1.807) is 23.6 Å². The smallest absolute Gasteiger partial charge is 0.343 e. The fourth-order valence-corrected chi connectivity index (χ4v) is 4.04. The third-order valence-corrected chi connectivity index (χ3v) is 5.77. The van der Waals surface area contributed by atoms with Crippen LogP contribution in [-0.2, 0) is 11.3 Å². The molecule has 0 atom stereocenters. The number of esters is 1. The van der Waals surface area contributed by atoms with Gasteiger partial charge in [-0.15, -0.1) is 0 Å². The van der Waals surface area contributed by atoms with Crippen molar-refractivity contribution in [3.05, 3.63) is 74.8 Å². The number of nitrogens with one attached hydrogen (secondary N) is 1. The lowest BCUT2D eigenvalue weighted by molar-refractivity contribution is 0.0524. The van der Waals surface area contributed by atoms with Crippen LogP contribution in [-0.4, -0.2) is 43.3 Å². The minimum absolute atomic E-state index is 0.129. The summed E-state index contributed by atoms with van der Waals surface area (Å²) in [5, 5.41) is 3.95. The number of piperazine rings is 1. The average molecular weight is 444 g/mol. The Balaban J connectivity index is 1.92. The van der Waals surface area contributed by atoms with Gasteiger partial charge in [-0.1, -0.05) is 29.8 Å². The Morgan fingerprint density at radius 3 is 2.68 bits per heavy atom. The van der Waals surface area contributed by atoms with Crippen molar-refractivity contribution in [1.29, 1.82) is 0 Å². The lowest BCUT2D eigenvalue weighted by Gasteiger charge is -2.30. The zero-order valence-corrected chi connectivity index (χ0v) is 17.9. The molecule has 2 aromatic carbocycles. The van der Waals surface area contributed by atoms with Crippen LogP contribution in [0.2, 0.25) is 5.02 Å². The molecule has 0 radical (unpaired) electrons. The second kappa shape index (κ2) is 9.08. The van der Waals surface area contributed by atoms with Crippen molar-refractivity contribution in [3.8, 4) is 0 Å². The Hall–Kier alpha value is -2.90. The first kappa shape index (κ1) is 21.3. The Bertz CT molecular complexity index is 1190. The third kappa shape index (κ3) is 4.29. The van der Waals surface area contributed by atoms with Crippen LogP contribution in [0.1, 0.15) is 22.8 Å². The second-order valence-electron chi connectivity index (χ2n) is 7.37. The van der Waals surface area contributed by atoms with Crippen molar-refractivity contribution in [2.45, 2.75) is 13.5 Å². The van der Waals surface area contributed by atoms with E-state index in [1.807, 2.05) is 23.1 Å². The van der Waals surface area contributed by atoms with Crippen molar-refractivity contribution < 1.29 is 13.9 Å². The van der Waals surface area contributed by atoms with E-state index in [2.05, 4.69) is 5.32 Å². The first-order chi connectivity index (χ1) is 15.0. The highest BCUT2D eigenvalue weighted by atomic mass is 35.5. The molecule has 0 amide bonds. The van der Waals surface area contributed by atoms with Crippen molar-refractivity contribution >= 4 is 34.2 Å². The molecule has 6 nitrogen and oxygen atoms in total. The van der Waals surface area contributed by atoms with Crippen LogP contribution >= 0.6 is 11.6 Å². The maximum absolute atomic E-state index is 15.0. The van der Waals surface area contributed by atoms with Crippen LogP contribution in [0.4, 0.5) is 10.1 Å². The maximum Gasteiger partial charge on any atom is 0.343 e. The summed E-state index contributed by atoms with van der Waals surface area (Å²) < 4.78 is 21.8. The number of benzene rings is 2. The molecule has 0 unspecified atom stereocenters. The molecule has 4 rings (SSSR count). The third-order valence-electron chi connectivity index (χ3n) is 5.40. The molecule has 0 bridgehead atoms. The van der Waals surface area contributed by atoms with E-state index in [0.717, 1.165) is 18.7 Å². The van der Waals surface area contributed by atoms with Gasteiger partial charge in [0.1, 0.15) is 11.4 Å². The van der Waals surface area contributed by atoms with Gasteiger partial charge < -0.3 is 19.5 Å². The van der Waals surface area contributed by atoms with Crippen molar-refractivity contribution in [2.75, 3.05) is 37.7 Å². The highest BCUT2D eigenvalue weighted by Gasteiger charge is 2.21. The second-order valence-corrected chi connectivity index (χ2v) is 7.78. The molecule has 0 spiro atoms.